The lowest BCUT2D eigenvalue weighted by Crippen LogP contribution is -2.50. The Kier molecular flexibility index (Phi) is 5.22. The molecule has 1 atom stereocenters. The van der Waals surface area contributed by atoms with Crippen LogP contribution in [0.2, 0.25) is 0 Å². The predicted molar refractivity (Wildman–Crippen MR) is 116 cm³/mol. The van der Waals surface area contributed by atoms with E-state index in [4.69, 9.17) is 9.47 Å². The quantitative estimate of drug-likeness (QED) is 0.509. The van der Waals surface area contributed by atoms with E-state index in [1.807, 2.05) is 73.5 Å². The first-order valence-electron chi connectivity index (χ1n) is 9.47. The van der Waals surface area contributed by atoms with Crippen LogP contribution in [-0.4, -0.2) is 32.3 Å². The number of carbonyl (C=O) groups is 1. The Bertz CT molecular complexity index is 1140. The van der Waals surface area contributed by atoms with E-state index in [9.17, 15) is 9.90 Å². The number of aromatic hydroxyl groups is 1. The van der Waals surface area contributed by atoms with Crippen LogP contribution >= 0.6 is 11.3 Å². The van der Waals surface area contributed by atoms with Gasteiger partial charge in [0.05, 0.1) is 21.3 Å². The van der Waals surface area contributed by atoms with Crippen molar-refractivity contribution in [2.24, 2.45) is 0 Å². The number of carbonyl (C=O) groups excluding carboxylic acids is 1. The Balaban J connectivity index is 2.00. The monoisotopic (exact) mass is 423 g/mol. The molecule has 2 heterocycles. The van der Waals surface area contributed by atoms with Gasteiger partial charge in [-0.25, -0.2) is 9.69 Å². The minimum atomic E-state index is -0.549. The molecule has 0 radical (unpaired) electrons. The zero-order chi connectivity index (χ0) is 21.4. The number of hydrogen-bond donors (Lipinski definition) is 1. The van der Waals surface area contributed by atoms with Crippen molar-refractivity contribution in [3.05, 3.63) is 71.4 Å². The van der Waals surface area contributed by atoms with Crippen LogP contribution in [-0.2, 0) is 9.53 Å². The zero-order valence-electron chi connectivity index (χ0n) is 17.2. The molecule has 30 heavy (non-hydrogen) atoms. The molecule has 0 fully saturated rings. The summed E-state index contributed by atoms with van der Waals surface area (Å²) in [6, 6.07) is 16.7. The fourth-order valence-corrected chi connectivity index (χ4v) is 4.96. The van der Waals surface area contributed by atoms with E-state index < -0.39 is 12.0 Å². The largest absolute Gasteiger partial charge is 0.497 e. The minimum Gasteiger partial charge on any atom is -0.497 e. The smallest absolute Gasteiger partial charge is 0.345 e. The van der Waals surface area contributed by atoms with Gasteiger partial charge in [0.25, 0.3) is 0 Å². The van der Waals surface area contributed by atoms with Crippen LogP contribution in [0.3, 0.4) is 0 Å². The first-order valence-corrected chi connectivity index (χ1v) is 10.3. The number of allylic oxidation sites excluding steroid dienone is 1. The van der Waals surface area contributed by atoms with Crippen LogP contribution in [0.15, 0.2) is 65.9 Å². The summed E-state index contributed by atoms with van der Waals surface area (Å²) >= 11 is 1.48. The lowest BCUT2D eigenvalue weighted by Gasteiger charge is -2.27. The number of ether oxygens (including phenoxy) is 2. The number of benzene rings is 2. The summed E-state index contributed by atoms with van der Waals surface area (Å²) in [4.78, 5) is 15.5. The second-order valence-electron chi connectivity index (χ2n) is 7.00. The average molecular weight is 424 g/mol. The molecule has 1 unspecified atom stereocenters. The molecule has 0 amide bonds. The molecule has 1 aliphatic heterocycles. The molecule has 3 aromatic rings. The molecule has 0 bridgehead atoms. The van der Waals surface area contributed by atoms with E-state index in [2.05, 4.69) is 0 Å². The van der Waals surface area contributed by atoms with Crippen molar-refractivity contribution in [3.8, 4) is 22.1 Å². The van der Waals surface area contributed by atoms with Crippen molar-refractivity contribution < 1.29 is 23.9 Å². The maximum atomic E-state index is 12.8. The van der Waals surface area contributed by atoms with Gasteiger partial charge in [0.2, 0.25) is 0 Å². The fourth-order valence-electron chi connectivity index (χ4n) is 3.77. The molecule has 7 heteroatoms. The number of rotatable bonds is 4. The topological polar surface area (TPSA) is 62.9 Å². The van der Waals surface area contributed by atoms with Gasteiger partial charge < -0.3 is 14.6 Å². The second kappa shape index (κ2) is 7.84. The van der Waals surface area contributed by atoms with Gasteiger partial charge in [0.1, 0.15) is 21.9 Å². The molecular formula is C23H23N2O4S+. The van der Waals surface area contributed by atoms with Crippen LogP contribution in [0.5, 0.6) is 11.6 Å². The number of esters is 1. The van der Waals surface area contributed by atoms with Crippen LogP contribution in [0.4, 0.5) is 5.13 Å². The number of thiazole rings is 1. The number of nitrogens with zero attached hydrogens (tertiary/aromatic N) is 2. The average Bonchev–Trinajstić information content (AvgIpc) is 3.13. The van der Waals surface area contributed by atoms with Gasteiger partial charge in [-0.1, -0.05) is 42.5 Å². The lowest BCUT2D eigenvalue weighted by atomic mass is 9.94. The summed E-state index contributed by atoms with van der Waals surface area (Å²) in [7, 11) is 4.86. The first-order chi connectivity index (χ1) is 14.5. The molecule has 1 aliphatic rings. The summed E-state index contributed by atoms with van der Waals surface area (Å²) in [5.74, 6) is 0.348. The molecule has 1 N–H and O–H groups in total. The van der Waals surface area contributed by atoms with Crippen LogP contribution in [0, 0.1) is 0 Å². The van der Waals surface area contributed by atoms with Gasteiger partial charge in [0, 0.05) is 5.56 Å². The molecule has 154 valence electrons. The molecular weight excluding hydrogens is 400 g/mol. The van der Waals surface area contributed by atoms with E-state index >= 15 is 0 Å². The third-order valence-electron chi connectivity index (χ3n) is 5.39. The van der Waals surface area contributed by atoms with Crippen molar-refractivity contribution in [2.75, 3.05) is 26.2 Å². The summed E-state index contributed by atoms with van der Waals surface area (Å²) in [6.07, 6.45) is 0. The van der Waals surface area contributed by atoms with Gasteiger partial charge in [-0.05, 0) is 36.0 Å². The highest BCUT2D eigenvalue weighted by atomic mass is 32.1. The van der Waals surface area contributed by atoms with Crippen molar-refractivity contribution in [2.45, 2.75) is 13.0 Å². The number of aromatic nitrogens is 1. The van der Waals surface area contributed by atoms with Crippen molar-refractivity contribution in [1.82, 2.24) is 0 Å². The first kappa shape index (κ1) is 20.0. The standard InChI is InChI=1S/C23H22N2O4S/c1-14-18(22(27)29-4)19(16-11-8-12-17(13-16)28-3)25-21(26)20(30-23(25)24(14)2)15-9-6-5-7-10-15/h5-13,19H,1-4H3/p+1. The number of hydrogen-bond acceptors (Lipinski definition) is 6. The lowest BCUT2D eigenvalue weighted by molar-refractivity contribution is -0.695. The van der Waals surface area contributed by atoms with E-state index in [1.165, 1.54) is 18.4 Å². The number of methoxy groups -OCH3 is 2. The van der Waals surface area contributed by atoms with Gasteiger partial charge in [0.15, 0.2) is 6.04 Å². The van der Waals surface area contributed by atoms with E-state index in [0.717, 1.165) is 26.8 Å². The molecule has 6 nitrogen and oxygen atoms in total. The normalized spacial score (nSPS) is 15.7. The molecule has 0 spiro atoms. The Morgan fingerprint density at radius 2 is 1.87 bits per heavy atom. The van der Waals surface area contributed by atoms with E-state index in [-0.39, 0.29) is 5.88 Å². The summed E-state index contributed by atoms with van der Waals surface area (Å²) in [5.41, 5.74) is 2.98. The molecule has 1 aromatic heterocycles. The molecule has 2 aromatic carbocycles. The predicted octanol–water partition coefficient (Wildman–Crippen LogP) is 3.90. The van der Waals surface area contributed by atoms with Crippen molar-refractivity contribution >= 4 is 22.4 Å². The maximum absolute atomic E-state index is 12.8. The van der Waals surface area contributed by atoms with Crippen molar-refractivity contribution in [3.63, 3.8) is 0 Å². The van der Waals surface area contributed by atoms with Gasteiger partial charge >= 0.3 is 17.0 Å². The third kappa shape index (κ3) is 3.11. The molecule has 0 saturated carbocycles. The summed E-state index contributed by atoms with van der Waals surface area (Å²) in [6.45, 7) is 1.89. The van der Waals surface area contributed by atoms with Crippen LogP contribution in [0.1, 0.15) is 18.5 Å². The molecule has 0 aliphatic carbocycles. The molecule has 0 saturated heterocycles. The SMILES string of the molecule is COC(=O)C1=C(C)N(C)c2sc(-c3ccccc3)c(O)[n+]2C1c1cccc(OC)c1. The highest BCUT2D eigenvalue weighted by molar-refractivity contribution is 7.18. The Morgan fingerprint density at radius 3 is 2.53 bits per heavy atom. The van der Waals surface area contributed by atoms with Gasteiger partial charge in [-0.2, -0.15) is 4.57 Å². The minimum absolute atomic E-state index is 0.106. The Labute approximate surface area is 179 Å². The van der Waals surface area contributed by atoms with Gasteiger partial charge in [-0.15, -0.1) is 0 Å². The Morgan fingerprint density at radius 1 is 1.13 bits per heavy atom. The van der Waals surface area contributed by atoms with Crippen LogP contribution in [0.25, 0.3) is 10.4 Å². The van der Waals surface area contributed by atoms with E-state index in [1.54, 1.807) is 11.7 Å². The summed E-state index contributed by atoms with van der Waals surface area (Å²) < 4.78 is 12.3. The molecule has 4 rings (SSSR count). The third-order valence-corrected chi connectivity index (χ3v) is 6.67. The van der Waals surface area contributed by atoms with Crippen molar-refractivity contribution in [1.29, 1.82) is 0 Å². The number of anilines is 1. The second-order valence-corrected chi connectivity index (χ2v) is 7.98. The zero-order valence-corrected chi connectivity index (χ0v) is 18.1. The highest BCUT2D eigenvalue weighted by Gasteiger charge is 2.45. The maximum Gasteiger partial charge on any atom is 0.345 e. The van der Waals surface area contributed by atoms with E-state index in [0.29, 0.717) is 11.3 Å². The van der Waals surface area contributed by atoms with Gasteiger partial charge in [-0.3, -0.25) is 0 Å². The fraction of sp³-hybridized carbons (Fsp3) is 0.217. The Hall–Kier alpha value is -3.32. The highest BCUT2D eigenvalue weighted by Crippen LogP contribution is 2.44. The number of fused-ring (bicyclic) bond motifs is 1. The van der Waals surface area contributed by atoms with Crippen LogP contribution < -0.4 is 14.2 Å². The summed E-state index contributed by atoms with van der Waals surface area (Å²) in [5, 5.41) is 12.1.